The van der Waals surface area contributed by atoms with E-state index in [2.05, 4.69) is 10.3 Å². The number of hydrogen-bond acceptors (Lipinski definition) is 4. The molecule has 2 N–H and O–H groups in total. The number of nitrogens with one attached hydrogen (secondary N) is 1. The summed E-state index contributed by atoms with van der Waals surface area (Å²) in [6.45, 7) is 0. The van der Waals surface area contributed by atoms with Gasteiger partial charge >= 0.3 is 5.97 Å². The summed E-state index contributed by atoms with van der Waals surface area (Å²) in [6.07, 6.45) is 4.27. The fourth-order valence-corrected chi connectivity index (χ4v) is 2.55. The van der Waals surface area contributed by atoms with Gasteiger partial charge in [0.25, 0.3) is 5.91 Å². The van der Waals surface area contributed by atoms with Gasteiger partial charge in [-0.2, -0.15) is 0 Å². The molecule has 0 unspecified atom stereocenters. The number of fused-ring (bicyclic) bond motifs is 1. The zero-order valence-electron chi connectivity index (χ0n) is 11.2. The molecule has 2 aromatic heterocycles. The summed E-state index contributed by atoms with van der Waals surface area (Å²) in [7, 11) is 0. The van der Waals surface area contributed by atoms with Gasteiger partial charge in [-0.05, 0) is 31.0 Å². The molecule has 0 bridgehead atoms. The number of carboxylic acids is 1. The molecule has 21 heavy (non-hydrogen) atoms. The summed E-state index contributed by atoms with van der Waals surface area (Å²) in [5, 5.41) is 11.8. The van der Waals surface area contributed by atoms with Gasteiger partial charge in [-0.15, -0.1) is 0 Å². The van der Waals surface area contributed by atoms with Crippen LogP contribution in [0.4, 0.5) is 0 Å². The van der Waals surface area contributed by atoms with Crippen molar-refractivity contribution in [3.63, 3.8) is 0 Å². The van der Waals surface area contributed by atoms with Crippen LogP contribution >= 0.6 is 0 Å². The Morgan fingerprint density at radius 3 is 2.90 bits per heavy atom. The molecule has 2 aromatic rings. The number of rotatable bonds is 3. The van der Waals surface area contributed by atoms with E-state index >= 15 is 0 Å². The second kappa shape index (κ2) is 5.40. The number of nitrogens with zero attached hydrogens (tertiary/aromatic N) is 1. The number of aromatic nitrogens is 1. The molecule has 0 fully saturated rings. The first kappa shape index (κ1) is 13.4. The average molecular weight is 286 g/mol. The van der Waals surface area contributed by atoms with E-state index in [1.807, 2.05) is 6.07 Å². The van der Waals surface area contributed by atoms with E-state index < -0.39 is 5.97 Å². The minimum absolute atomic E-state index is 0.102. The van der Waals surface area contributed by atoms with Crippen LogP contribution in [0.15, 0.2) is 34.9 Å². The zero-order valence-corrected chi connectivity index (χ0v) is 11.2. The van der Waals surface area contributed by atoms with Crippen molar-refractivity contribution in [1.82, 2.24) is 10.3 Å². The standard InChI is InChI=1S/C15H14N2O4/c18-14(11-4-1-5-12(16-11)15(19)20)17-10-3-2-6-13-9(10)7-8-21-13/h1,4-5,7-8,10H,2-3,6H2,(H,17,18)(H,19,20)/t10-/m0/s1. The van der Waals surface area contributed by atoms with Gasteiger partial charge in [0.1, 0.15) is 17.1 Å². The maximum absolute atomic E-state index is 12.2. The minimum Gasteiger partial charge on any atom is -0.477 e. The van der Waals surface area contributed by atoms with Crippen molar-refractivity contribution in [3.8, 4) is 0 Å². The highest BCUT2D eigenvalue weighted by molar-refractivity contribution is 5.94. The molecule has 0 aliphatic heterocycles. The molecule has 0 aromatic carbocycles. The monoisotopic (exact) mass is 286 g/mol. The molecule has 0 saturated carbocycles. The van der Waals surface area contributed by atoms with Gasteiger partial charge in [0.05, 0.1) is 12.3 Å². The molecule has 0 spiro atoms. The van der Waals surface area contributed by atoms with E-state index in [9.17, 15) is 9.59 Å². The Bertz CT molecular complexity index is 692. The summed E-state index contributed by atoms with van der Waals surface area (Å²) >= 11 is 0. The van der Waals surface area contributed by atoms with Gasteiger partial charge in [0.2, 0.25) is 0 Å². The summed E-state index contributed by atoms with van der Waals surface area (Å²) in [4.78, 5) is 27.0. The van der Waals surface area contributed by atoms with E-state index in [1.54, 1.807) is 6.26 Å². The largest absolute Gasteiger partial charge is 0.477 e. The van der Waals surface area contributed by atoms with Crippen LogP contribution in [0, 0.1) is 0 Å². The number of aromatic carboxylic acids is 1. The normalized spacial score (nSPS) is 17.0. The third-order valence-electron chi connectivity index (χ3n) is 3.56. The smallest absolute Gasteiger partial charge is 0.354 e. The van der Waals surface area contributed by atoms with Gasteiger partial charge in [-0.25, -0.2) is 9.78 Å². The molecule has 0 radical (unpaired) electrons. The SMILES string of the molecule is O=C(O)c1cccc(C(=O)N[C@H]2CCCc3occc32)n1. The van der Waals surface area contributed by atoms with E-state index in [4.69, 9.17) is 9.52 Å². The summed E-state index contributed by atoms with van der Waals surface area (Å²) in [6, 6.07) is 6.11. The number of carbonyl (C=O) groups excluding carboxylic acids is 1. The Morgan fingerprint density at radius 1 is 1.29 bits per heavy atom. The lowest BCUT2D eigenvalue weighted by Gasteiger charge is -2.22. The van der Waals surface area contributed by atoms with Gasteiger partial charge in [0, 0.05) is 12.0 Å². The molecule has 108 valence electrons. The number of amides is 1. The molecule has 0 saturated heterocycles. The Hall–Kier alpha value is -2.63. The molecular formula is C15H14N2O4. The number of carbonyl (C=O) groups is 2. The zero-order chi connectivity index (χ0) is 14.8. The second-order valence-corrected chi connectivity index (χ2v) is 4.93. The molecule has 6 nitrogen and oxygen atoms in total. The third kappa shape index (κ3) is 2.65. The van der Waals surface area contributed by atoms with Crippen LogP contribution in [0.5, 0.6) is 0 Å². The number of hydrogen-bond donors (Lipinski definition) is 2. The Balaban J connectivity index is 1.79. The fourth-order valence-electron chi connectivity index (χ4n) is 2.55. The van der Waals surface area contributed by atoms with E-state index in [-0.39, 0.29) is 23.3 Å². The number of aryl methyl sites for hydroxylation is 1. The van der Waals surface area contributed by atoms with E-state index in [0.717, 1.165) is 30.6 Å². The lowest BCUT2D eigenvalue weighted by Crippen LogP contribution is -2.31. The summed E-state index contributed by atoms with van der Waals surface area (Å²) < 4.78 is 5.38. The van der Waals surface area contributed by atoms with Gasteiger partial charge in [-0.3, -0.25) is 4.79 Å². The van der Waals surface area contributed by atoms with E-state index in [1.165, 1.54) is 18.2 Å². The predicted molar refractivity (Wildman–Crippen MR) is 73.0 cm³/mol. The molecule has 2 heterocycles. The number of pyridine rings is 1. The van der Waals surface area contributed by atoms with Crippen LogP contribution in [0.1, 0.15) is 51.2 Å². The van der Waals surface area contributed by atoms with Crippen LogP contribution in [-0.4, -0.2) is 22.0 Å². The maximum atomic E-state index is 12.2. The first-order valence-corrected chi connectivity index (χ1v) is 6.72. The minimum atomic E-state index is -1.15. The third-order valence-corrected chi connectivity index (χ3v) is 3.56. The summed E-state index contributed by atoms with van der Waals surface area (Å²) in [5.74, 6) is -0.629. The van der Waals surface area contributed by atoms with Crippen molar-refractivity contribution in [1.29, 1.82) is 0 Å². The Morgan fingerprint density at radius 2 is 2.10 bits per heavy atom. The predicted octanol–water partition coefficient (Wildman–Crippen LogP) is 2.18. The molecule has 1 aliphatic rings. The van der Waals surface area contributed by atoms with Crippen molar-refractivity contribution in [2.24, 2.45) is 0 Å². The fraction of sp³-hybridized carbons (Fsp3) is 0.267. The lowest BCUT2D eigenvalue weighted by molar-refractivity contribution is 0.0690. The average Bonchev–Trinajstić information content (AvgIpc) is 2.97. The van der Waals surface area contributed by atoms with Crippen LogP contribution in [-0.2, 0) is 6.42 Å². The van der Waals surface area contributed by atoms with E-state index in [0.29, 0.717) is 0 Å². The van der Waals surface area contributed by atoms with Crippen molar-refractivity contribution < 1.29 is 19.1 Å². The Labute approximate surface area is 120 Å². The van der Waals surface area contributed by atoms with Gasteiger partial charge < -0.3 is 14.8 Å². The topological polar surface area (TPSA) is 92.4 Å². The maximum Gasteiger partial charge on any atom is 0.354 e. The van der Waals surface area contributed by atoms with Gasteiger partial charge in [0.15, 0.2) is 0 Å². The molecule has 1 atom stereocenters. The molecule has 1 aliphatic carbocycles. The highest BCUT2D eigenvalue weighted by Crippen LogP contribution is 2.30. The quantitative estimate of drug-likeness (QED) is 0.902. The van der Waals surface area contributed by atoms with Crippen molar-refractivity contribution in [3.05, 3.63) is 53.2 Å². The van der Waals surface area contributed by atoms with Crippen LogP contribution in [0.2, 0.25) is 0 Å². The van der Waals surface area contributed by atoms with Crippen LogP contribution in [0.3, 0.4) is 0 Å². The van der Waals surface area contributed by atoms with Gasteiger partial charge in [-0.1, -0.05) is 6.07 Å². The second-order valence-electron chi connectivity index (χ2n) is 4.93. The molecule has 6 heteroatoms. The first-order valence-electron chi connectivity index (χ1n) is 6.72. The molecule has 3 rings (SSSR count). The van der Waals surface area contributed by atoms with Crippen LogP contribution < -0.4 is 5.32 Å². The van der Waals surface area contributed by atoms with Crippen molar-refractivity contribution >= 4 is 11.9 Å². The summed E-state index contributed by atoms with van der Waals surface area (Å²) in [5.41, 5.74) is 0.949. The van der Waals surface area contributed by atoms with Crippen molar-refractivity contribution in [2.45, 2.75) is 25.3 Å². The molecular weight excluding hydrogens is 272 g/mol. The van der Waals surface area contributed by atoms with Crippen molar-refractivity contribution in [2.75, 3.05) is 0 Å². The highest BCUT2D eigenvalue weighted by Gasteiger charge is 2.25. The number of carboxylic acid groups (broad SMARTS) is 1. The molecule has 1 amide bonds. The number of furan rings is 1. The Kier molecular flexibility index (Phi) is 3.43. The first-order chi connectivity index (χ1) is 10.1. The lowest BCUT2D eigenvalue weighted by atomic mass is 9.93. The van der Waals surface area contributed by atoms with Crippen LogP contribution in [0.25, 0.3) is 0 Å². The highest BCUT2D eigenvalue weighted by atomic mass is 16.4.